The van der Waals surface area contributed by atoms with Crippen LogP contribution in [0.5, 0.6) is 5.75 Å². The number of nitrogens with zero attached hydrogens (tertiary/aromatic N) is 1. The second-order valence-electron chi connectivity index (χ2n) is 4.95. The number of aromatic carboxylic acids is 1. The Kier molecular flexibility index (Phi) is 3.81. The van der Waals surface area contributed by atoms with Gasteiger partial charge in [-0.25, -0.2) is 9.78 Å². The molecule has 1 aromatic carbocycles. The number of fused-ring (bicyclic) bond motifs is 1. The molecule has 1 unspecified atom stereocenters. The molecule has 1 aromatic heterocycles. The molecule has 22 heavy (non-hydrogen) atoms. The molecule has 0 radical (unpaired) electrons. The molecule has 0 spiro atoms. The van der Waals surface area contributed by atoms with Gasteiger partial charge in [0.1, 0.15) is 28.2 Å². The Labute approximate surface area is 130 Å². The highest BCUT2D eigenvalue weighted by Gasteiger charge is 2.30. The Morgan fingerprint density at radius 2 is 2.23 bits per heavy atom. The van der Waals surface area contributed by atoms with Gasteiger partial charge in [0, 0.05) is 5.56 Å². The van der Waals surface area contributed by atoms with E-state index >= 15 is 0 Å². The highest BCUT2D eigenvalue weighted by Crippen LogP contribution is 2.33. The number of nitrogens with one attached hydrogen (secondary N) is 1. The van der Waals surface area contributed by atoms with Gasteiger partial charge in [-0.15, -0.1) is 11.3 Å². The van der Waals surface area contributed by atoms with Crippen LogP contribution in [-0.4, -0.2) is 28.6 Å². The smallest absolute Gasteiger partial charge is 0.347 e. The molecule has 6 nitrogen and oxygen atoms in total. The van der Waals surface area contributed by atoms with Crippen molar-refractivity contribution in [3.05, 3.63) is 45.4 Å². The molecule has 0 saturated carbocycles. The molecule has 2 aromatic rings. The second-order valence-corrected chi connectivity index (χ2v) is 6.03. The summed E-state index contributed by atoms with van der Waals surface area (Å²) in [4.78, 5) is 27.6. The van der Waals surface area contributed by atoms with E-state index in [0.717, 1.165) is 22.6 Å². The Balaban J connectivity index is 1.66. The maximum absolute atomic E-state index is 12.3. The van der Waals surface area contributed by atoms with E-state index in [1.165, 1.54) is 0 Å². The molecule has 2 heterocycles. The largest absolute Gasteiger partial charge is 0.492 e. The number of carbonyl (C=O) groups excluding carboxylic acids is 1. The predicted octanol–water partition coefficient (Wildman–Crippen LogP) is 1.94. The number of hydrogen-bond donors (Lipinski definition) is 2. The number of carboxylic acids is 1. The number of hydrogen-bond acceptors (Lipinski definition) is 5. The molecule has 1 aliphatic heterocycles. The Bertz CT molecular complexity index is 741. The summed E-state index contributed by atoms with van der Waals surface area (Å²) in [5, 5.41) is 12.4. The minimum atomic E-state index is -0.995. The molecule has 0 bridgehead atoms. The van der Waals surface area contributed by atoms with E-state index in [1.54, 1.807) is 6.92 Å². The van der Waals surface area contributed by atoms with Gasteiger partial charge in [0.15, 0.2) is 0 Å². The van der Waals surface area contributed by atoms with Crippen LogP contribution in [-0.2, 0) is 11.3 Å². The van der Waals surface area contributed by atoms with E-state index in [-0.39, 0.29) is 23.2 Å². The lowest BCUT2D eigenvalue weighted by Gasteiger charge is -2.08. The zero-order chi connectivity index (χ0) is 15.7. The van der Waals surface area contributed by atoms with Gasteiger partial charge < -0.3 is 15.2 Å². The summed E-state index contributed by atoms with van der Waals surface area (Å²) in [5.74, 6) is -0.738. The van der Waals surface area contributed by atoms with Crippen molar-refractivity contribution in [2.24, 2.45) is 0 Å². The van der Waals surface area contributed by atoms with Crippen LogP contribution in [0.25, 0.3) is 0 Å². The van der Waals surface area contributed by atoms with Crippen LogP contribution in [0.2, 0.25) is 0 Å². The van der Waals surface area contributed by atoms with Gasteiger partial charge in [0.2, 0.25) is 5.91 Å². The van der Waals surface area contributed by atoms with Crippen molar-refractivity contribution < 1.29 is 19.4 Å². The van der Waals surface area contributed by atoms with E-state index in [9.17, 15) is 9.59 Å². The van der Waals surface area contributed by atoms with Crippen LogP contribution in [0.15, 0.2) is 24.3 Å². The van der Waals surface area contributed by atoms with Crippen LogP contribution < -0.4 is 10.1 Å². The first kappa shape index (κ1) is 14.5. The van der Waals surface area contributed by atoms with Gasteiger partial charge in [-0.2, -0.15) is 0 Å². The third-order valence-electron chi connectivity index (χ3n) is 3.47. The summed E-state index contributed by atoms with van der Waals surface area (Å²) in [7, 11) is 0. The quantitative estimate of drug-likeness (QED) is 0.899. The molecule has 114 valence electrons. The topological polar surface area (TPSA) is 88.5 Å². The molecule has 7 heteroatoms. The minimum Gasteiger partial charge on any atom is -0.492 e. The van der Waals surface area contributed by atoms with E-state index < -0.39 is 5.97 Å². The first-order valence-corrected chi connectivity index (χ1v) is 7.57. The lowest BCUT2D eigenvalue weighted by molar-refractivity contribution is -0.122. The summed E-state index contributed by atoms with van der Waals surface area (Å²) in [5.41, 5.74) is 1.35. The molecule has 0 saturated heterocycles. The maximum atomic E-state index is 12.3. The van der Waals surface area contributed by atoms with Crippen molar-refractivity contribution in [3.63, 3.8) is 0 Å². The van der Waals surface area contributed by atoms with Crippen LogP contribution in [0.3, 0.4) is 0 Å². The fourth-order valence-electron chi connectivity index (χ4n) is 2.39. The molecular formula is C15H14N2O4S. The highest BCUT2D eigenvalue weighted by atomic mass is 32.1. The van der Waals surface area contributed by atoms with Gasteiger partial charge in [-0.1, -0.05) is 18.2 Å². The summed E-state index contributed by atoms with van der Waals surface area (Å²) in [6, 6.07) is 7.45. The number of para-hydroxylation sites is 1. The van der Waals surface area contributed by atoms with E-state index in [2.05, 4.69) is 10.3 Å². The molecule has 0 aliphatic carbocycles. The molecule has 0 fully saturated rings. The molecule has 3 rings (SSSR count). The first-order valence-electron chi connectivity index (χ1n) is 6.75. The van der Waals surface area contributed by atoms with E-state index in [0.29, 0.717) is 17.3 Å². The number of amides is 1. The molecule has 1 aliphatic rings. The van der Waals surface area contributed by atoms with Crippen LogP contribution in [0.1, 0.15) is 31.9 Å². The van der Waals surface area contributed by atoms with Crippen LogP contribution in [0.4, 0.5) is 0 Å². The number of thiazole rings is 1. The molecule has 1 atom stereocenters. The SMILES string of the molecule is Cc1nc(CNC(=O)C2COc3ccccc32)sc1C(=O)O. The molecule has 2 N–H and O–H groups in total. The Morgan fingerprint density at radius 1 is 1.45 bits per heavy atom. The van der Waals surface area contributed by atoms with Crippen LogP contribution in [0, 0.1) is 6.92 Å². The number of rotatable bonds is 4. The first-order chi connectivity index (χ1) is 10.6. The summed E-state index contributed by atoms with van der Waals surface area (Å²) in [6.07, 6.45) is 0. The minimum absolute atomic E-state index is 0.144. The molecular weight excluding hydrogens is 304 g/mol. The number of ether oxygens (including phenoxy) is 1. The van der Waals surface area contributed by atoms with Gasteiger partial charge in [-0.05, 0) is 13.0 Å². The fraction of sp³-hybridized carbons (Fsp3) is 0.267. The lowest BCUT2D eigenvalue weighted by Crippen LogP contribution is -2.29. The molecule has 1 amide bonds. The van der Waals surface area contributed by atoms with Crippen molar-refractivity contribution in [1.29, 1.82) is 0 Å². The summed E-state index contributed by atoms with van der Waals surface area (Å²) < 4.78 is 5.49. The van der Waals surface area contributed by atoms with Crippen molar-refractivity contribution in [2.45, 2.75) is 19.4 Å². The summed E-state index contributed by atoms with van der Waals surface area (Å²) >= 11 is 1.08. The number of aryl methyl sites for hydroxylation is 1. The van der Waals surface area contributed by atoms with Gasteiger partial charge >= 0.3 is 5.97 Å². The number of carbonyl (C=O) groups is 2. The number of benzene rings is 1. The third-order valence-corrected chi connectivity index (χ3v) is 4.61. The summed E-state index contributed by atoms with van der Waals surface area (Å²) in [6.45, 7) is 2.19. The van der Waals surface area contributed by atoms with E-state index in [4.69, 9.17) is 9.84 Å². The standard InChI is InChI=1S/C15H14N2O4S/c1-8-13(15(19)20)22-12(17-8)6-16-14(18)10-7-21-11-5-3-2-4-9(10)11/h2-5,10H,6-7H2,1H3,(H,16,18)(H,19,20). The van der Waals surface area contributed by atoms with Gasteiger partial charge in [-0.3, -0.25) is 4.79 Å². The zero-order valence-corrected chi connectivity index (χ0v) is 12.6. The number of carboxylic acid groups (broad SMARTS) is 1. The Hall–Kier alpha value is -2.41. The number of aromatic nitrogens is 1. The lowest BCUT2D eigenvalue weighted by atomic mass is 10.0. The van der Waals surface area contributed by atoms with Gasteiger partial charge in [0.05, 0.1) is 12.2 Å². The average Bonchev–Trinajstić information content (AvgIpc) is 3.08. The predicted molar refractivity (Wildman–Crippen MR) is 80.3 cm³/mol. The van der Waals surface area contributed by atoms with Crippen molar-refractivity contribution in [2.75, 3.05) is 6.61 Å². The fourth-order valence-corrected chi connectivity index (χ4v) is 3.24. The Morgan fingerprint density at radius 3 is 2.95 bits per heavy atom. The highest BCUT2D eigenvalue weighted by molar-refractivity contribution is 7.13. The average molecular weight is 318 g/mol. The van der Waals surface area contributed by atoms with E-state index in [1.807, 2.05) is 24.3 Å². The van der Waals surface area contributed by atoms with Gasteiger partial charge in [0.25, 0.3) is 0 Å². The van der Waals surface area contributed by atoms with Crippen LogP contribution >= 0.6 is 11.3 Å². The third kappa shape index (κ3) is 2.67. The normalized spacial score (nSPS) is 16.0. The second kappa shape index (κ2) is 5.76. The van der Waals surface area contributed by atoms with Crippen molar-refractivity contribution in [1.82, 2.24) is 10.3 Å². The maximum Gasteiger partial charge on any atom is 0.347 e. The van der Waals surface area contributed by atoms with Crippen molar-refractivity contribution >= 4 is 23.2 Å². The zero-order valence-electron chi connectivity index (χ0n) is 11.8. The van der Waals surface area contributed by atoms with Crippen molar-refractivity contribution in [3.8, 4) is 5.75 Å². The monoisotopic (exact) mass is 318 g/mol.